The van der Waals surface area contributed by atoms with Crippen molar-refractivity contribution in [3.05, 3.63) is 0 Å². The fourth-order valence-corrected chi connectivity index (χ4v) is 0.867. The molecule has 5 heteroatoms. The predicted molar refractivity (Wildman–Crippen MR) is 48.3 cm³/mol. The number of rotatable bonds is 4. The molecule has 2 amide bonds. The van der Waals surface area contributed by atoms with Crippen LogP contribution in [0.2, 0.25) is 0 Å². The van der Waals surface area contributed by atoms with Crippen LogP contribution in [0.15, 0.2) is 0 Å². The van der Waals surface area contributed by atoms with E-state index < -0.39 is 6.09 Å². The normalized spacial score (nSPS) is 9.15. The van der Waals surface area contributed by atoms with Crippen molar-refractivity contribution in [3.63, 3.8) is 0 Å². The van der Waals surface area contributed by atoms with Crippen LogP contribution >= 0.6 is 0 Å². The van der Waals surface area contributed by atoms with Gasteiger partial charge in [0, 0.05) is 20.1 Å². The summed E-state index contributed by atoms with van der Waals surface area (Å²) in [4.78, 5) is 23.5. The molecule has 0 saturated heterocycles. The summed E-state index contributed by atoms with van der Waals surface area (Å²) in [6.07, 6.45) is -0.583. The van der Waals surface area contributed by atoms with Crippen molar-refractivity contribution in [2.24, 2.45) is 0 Å². The lowest BCUT2D eigenvalue weighted by molar-refractivity contribution is -0.133. The van der Waals surface area contributed by atoms with Crippen LogP contribution < -0.4 is 5.32 Å². The Morgan fingerprint density at radius 2 is 1.85 bits per heavy atom. The summed E-state index contributed by atoms with van der Waals surface area (Å²) in [5, 5.41) is 2.26. The van der Waals surface area contributed by atoms with Crippen molar-refractivity contribution in [1.82, 2.24) is 10.2 Å². The van der Waals surface area contributed by atoms with Crippen LogP contribution in [0.4, 0.5) is 4.79 Å². The second-order valence-electron chi connectivity index (χ2n) is 2.39. The second kappa shape index (κ2) is 6.28. The van der Waals surface area contributed by atoms with Crippen LogP contribution in [0, 0.1) is 0 Å². The Hall–Kier alpha value is -1.26. The van der Waals surface area contributed by atoms with Gasteiger partial charge in [-0.2, -0.15) is 0 Å². The molecule has 5 nitrogen and oxygen atoms in total. The van der Waals surface area contributed by atoms with Gasteiger partial charge in [0.2, 0.25) is 0 Å². The van der Waals surface area contributed by atoms with E-state index in [1.54, 1.807) is 4.90 Å². The first-order chi connectivity index (χ1) is 6.15. The van der Waals surface area contributed by atoms with Crippen molar-refractivity contribution in [2.45, 2.75) is 13.8 Å². The highest BCUT2D eigenvalue weighted by molar-refractivity contribution is 5.80. The van der Waals surface area contributed by atoms with E-state index in [1.807, 2.05) is 13.8 Å². The van der Waals surface area contributed by atoms with E-state index in [9.17, 15) is 9.59 Å². The molecule has 0 aliphatic heterocycles. The molecule has 0 fully saturated rings. The van der Waals surface area contributed by atoms with E-state index in [-0.39, 0.29) is 12.5 Å². The van der Waals surface area contributed by atoms with Crippen LogP contribution in [0.1, 0.15) is 13.8 Å². The van der Waals surface area contributed by atoms with Crippen molar-refractivity contribution in [3.8, 4) is 0 Å². The molecule has 0 saturated carbocycles. The SMILES string of the molecule is CCN(CC)C(=O)COC(=O)NC. The molecule has 0 aromatic carbocycles. The molecule has 0 aliphatic rings. The van der Waals surface area contributed by atoms with Gasteiger partial charge < -0.3 is 15.0 Å². The van der Waals surface area contributed by atoms with E-state index in [0.717, 1.165) is 0 Å². The lowest BCUT2D eigenvalue weighted by atomic mass is 10.5. The number of nitrogens with zero attached hydrogens (tertiary/aromatic N) is 1. The Bertz CT molecular complexity index is 178. The number of carbonyl (C=O) groups is 2. The molecule has 0 aromatic heterocycles. The minimum Gasteiger partial charge on any atom is -0.439 e. The lowest BCUT2D eigenvalue weighted by Gasteiger charge is -2.17. The van der Waals surface area contributed by atoms with Gasteiger partial charge in [-0.15, -0.1) is 0 Å². The van der Waals surface area contributed by atoms with Gasteiger partial charge >= 0.3 is 6.09 Å². The smallest absolute Gasteiger partial charge is 0.407 e. The highest BCUT2D eigenvalue weighted by Crippen LogP contribution is 1.89. The molecule has 0 atom stereocenters. The van der Waals surface area contributed by atoms with Crippen molar-refractivity contribution < 1.29 is 14.3 Å². The highest BCUT2D eigenvalue weighted by Gasteiger charge is 2.11. The zero-order valence-corrected chi connectivity index (χ0v) is 8.29. The van der Waals surface area contributed by atoms with E-state index in [1.165, 1.54) is 7.05 Å². The van der Waals surface area contributed by atoms with Gasteiger partial charge in [0.05, 0.1) is 0 Å². The first kappa shape index (κ1) is 11.7. The lowest BCUT2D eigenvalue weighted by Crippen LogP contribution is -2.35. The Labute approximate surface area is 78.0 Å². The number of ether oxygens (including phenoxy) is 1. The summed E-state index contributed by atoms with van der Waals surface area (Å²) in [5.74, 6) is -0.173. The summed E-state index contributed by atoms with van der Waals surface area (Å²) in [6, 6.07) is 0. The summed E-state index contributed by atoms with van der Waals surface area (Å²) in [5.41, 5.74) is 0. The molecule has 0 aliphatic carbocycles. The van der Waals surface area contributed by atoms with Crippen molar-refractivity contribution in [2.75, 3.05) is 26.7 Å². The average Bonchev–Trinajstić information content (AvgIpc) is 2.16. The summed E-state index contributed by atoms with van der Waals surface area (Å²) in [6.45, 7) is 4.82. The van der Waals surface area contributed by atoms with E-state index >= 15 is 0 Å². The molecule has 0 radical (unpaired) electrons. The first-order valence-corrected chi connectivity index (χ1v) is 4.27. The zero-order chi connectivity index (χ0) is 10.3. The molecule has 0 bridgehead atoms. The van der Waals surface area contributed by atoms with Crippen LogP contribution in [0.25, 0.3) is 0 Å². The van der Waals surface area contributed by atoms with E-state index in [0.29, 0.717) is 13.1 Å². The molecule has 13 heavy (non-hydrogen) atoms. The van der Waals surface area contributed by atoms with E-state index in [2.05, 4.69) is 10.1 Å². The van der Waals surface area contributed by atoms with Crippen molar-refractivity contribution in [1.29, 1.82) is 0 Å². The predicted octanol–water partition coefficient (Wildman–Crippen LogP) is 0.211. The molecule has 0 heterocycles. The Morgan fingerprint density at radius 1 is 1.31 bits per heavy atom. The van der Waals surface area contributed by atoms with Gasteiger partial charge in [0.15, 0.2) is 6.61 Å². The Morgan fingerprint density at radius 3 is 2.23 bits per heavy atom. The topological polar surface area (TPSA) is 58.6 Å². The summed E-state index contributed by atoms with van der Waals surface area (Å²) in [7, 11) is 1.45. The Balaban J connectivity index is 3.79. The average molecular weight is 188 g/mol. The van der Waals surface area contributed by atoms with Gasteiger partial charge in [0.1, 0.15) is 0 Å². The maximum absolute atomic E-state index is 11.2. The summed E-state index contributed by atoms with van der Waals surface area (Å²) < 4.78 is 4.60. The van der Waals surface area contributed by atoms with Crippen LogP contribution in [0.3, 0.4) is 0 Å². The third kappa shape index (κ3) is 4.35. The summed E-state index contributed by atoms with van der Waals surface area (Å²) >= 11 is 0. The molecule has 1 N–H and O–H groups in total. The quantitative estimate of drug-likeness (QED) is 0.686. The Kier molecular flexibility index (Phi) is 5.67. The fourth-order valence-electron chi connectivity index (χ4n) is 0.867. The molecule has 0 aromatic rings. The number of alkyl carbamates (subject to hydrolysis) is 1. The standard InChI is InChI=1S/C8H16N2O3/c1-4-10(5-2)7(11)6-13-8(12)9-3/h4-6H2,1-3H3,(H,9,12). The third-order valence-electron chi connectivity index (χ3n) is 1.65. The van der Waals surface area contributed by atoms with Gasteiger partial charge in [-0.3, -0.25) is 4.79 Å². The molecule has 76 valence electrons. The number of nitrogens with one attached hydrogen (secondary N) is 1. The minimum atomic E-state index is -0.583. The van der Waals surface area contributed by atoms with Gasteiger partial charge in [-0.25, -0.2) is 4.79 Å². The number of likely N-dealkylation sites (N-methyl/N-ethyl adjacent to an activating group) is 1. The number of hydrogen-bond donors (Lipinski definition) is 1. The second-order valence-corrected chi connectivity index (χ2v) is 2.39. The van der Waals surface area contributed by atoms with Crippen LogP contribution in [-0.4, -0.2) is 43.6 Å². The molecule has 0 spiro atoms. The molecular formula is C8H16N2O3. The number of hydrogen-bond acceptors (Lipinski definition) is 3. The van der Waals surface area contributed by atoms with Gasteiger partial charge in [-0.05, 0) is 13.8 Å². The maximum atomic E-state index is 11.2. The number of carbonyl (C=O) groups excluding carboxylic acids is 2. The van der Waals surface area contributed by atoms with Crippen LogP contribution in [0.5, 0.6) is 0 Å². The molecule has 0 rings (SSSR count). The van der Waals surface area contributed by atoms with Gasteiger partial charge in [0.25, 0.3) is 5.91 Å². The largest absolute Gasteiger partial charge is 0.439 e. The minimum absolute atomic E-state index is 0.173. The fraction of sp³-hybridized carbons (Fsp3) is 0.750. The number of amides is 2. The zero-order valence-electron chi connectivity index (χ0n) is 8.29. The first-order valence-electron chi connectivity index (χ1n) is 4.27. The molecular weight excluding hydrogens is 172 g/mol. The van der Waals surface area contributed by atoms with Crippen molar-refractivity contribution >= 4 is 12.0 Å². The van der Waals surface area contributed by atoms with E-state index in [4.69, 9.17) is 0 Å². The maximum Gasteiger partial charge on any atom is 0.407 e. The van der Waals surface area contributed by atoms with Crippen LogP contribution in [-0.2, 0) is 9.53 Å². The van der Waals surface area contributed by atoms with Gasteiger partial charge in [-0.1, -0.05) is 0 Å². The third-order valence-corrected chi connectivity index (χ3v) is 1.65. The highest BCUT2D eigenvalue weighted by atomic mass is 16.6. The molecule has 0 unspecified atom stereocenters. The monoisotopic (exact) mass is 188 g/mol.